The molecule has 0 aliphatic rings. The Balaban J connectivity index is 1.98. The van der Waals surface area contributed by atoms with Crippen molar-refractivity contribution in [3.63, 3.8) is 0 Å². The number of nitrogens with zero attached hydrogens (tertiary/aromatic N) is 2. The molecule has 0 spiro atoms. The zero-order valence-corrected chi connectivity index (χ0v) is 19.8. The van der Waals surface area contributed by atoms with Crippen molar-refractivity contribution in [1.82, 2.24) is 4.98 Å². The Labute approximate surface area is 203 Å². The Bertz CT molecular complexity index is 1180. The van der Waals surface area contributed by atoms with E-state index in [9.17, 15) is 9.70 Å². The van der Waals surface area contributed by atoms with Crippen LogP contribution in [0.15, 0.2) is 66.0 Å². The van der Waals surface area contributed by atoms with Gasteiger partial charge in [0.2, 0.25) is 5.78 Å². The third kappa shape index (κ3) is 6.48. The van der Waals surface area contributed by atoms with E-state index in [0.717, 1.165) is 11.3 Å². The summed E-state index contributed by atoms with van der Waals surface area (Å²) in [5, 5.41) is 23.8. The maximum atomic E-state index is 13.6. The Hall–Kier alpha value is -4.11. The Morgan fingerprint density at radius 2 is 1.77 bits per heavy atom. The maximum absolute atomic E-state index is 13.6. The van der Waals surface area contributed by atoms with E-state index in [1.165, 1.54) is 7.11 Å². The number of carbonyl (C=O) groups excluding carboxylic acids is 1. The highest BCUT2D eigenvalue weighted by Gasteiger charge is 2.31. The van der Waals surface area contributed by atoms with Gasteiger partial charge in [0.15, 0.2) is 6.04 Å². The number of aliphatic hydroxyl groups is 1. The highest BCUT2D eigenvalue weighted by Crippen LogP contribution is 2.31. The number of Topliss-reactive ketones (excluding diaryl/α,β-unsaturated/α-hetero) is 1. The average molecular weight is 477 g/mol. The Kier molecular flexibility index (Phi) is 8.63. The van der Waals surface area contributed by atoms with Gasteiger partial charge in [-0.05, 0) is 25.5 Å². The van der Waals surface area contributed by atoms with Crippen LogP contribution in [0.4, 0.5) is 5.69 Å². The number of ether oxygens (including phenoxy) is 2. The number of ketones is 1. The molecule has 0 aliphatic carbocycles. The number of nitrogens with one attached hydrogen (secondary N) is 2. The van der Waals surface area contributed by atoms with Crippen molar-refractivity contribution in [2.75, 3.05) is 25.6 Å². The van der Waals surface area contributed by atoms with Gasteiger partial charge in [-0.15, -0.1) is 4.91 Å². The SMILES string of the molecule is COc1cc(NC(C(=O)C(=N)C(N=O)c2ccc(C)cc2)c2ccc(C)nc2)cc(OCCO)c1. The third-order valence-corrected chi connectivity index (χ3v) is 5.35. The van der Waals surface area contributed by atoms with E-state index < -0.39 is 23.6 Å². The second kappa shape index (κ2) is 11.8. The quantitative estimate of drug-likeness (QED) is 0.262. The molecule has 0 amide bonds. The lowest BCUT2D eigenvalue weighted by Crippen LogP contribution is -2.31. The van der Waals surface area contributed by atoms with Gasteiger partial charge in [-0.3, -0.25) is 15.2 Å². The topological polar surface area (TPSA) is 134 Å². The van der Waals surface area contributed by atoms with E-state index in [1.807, 2.05) is 13.8 Å². The minimum Gasteiger partial charge on any atom is -0.497 e. The molecule has 3 N–H and O–H groups in total. The normalized spacial score (nSPS) is 12.3. The summed E-state index contributed by atoms with van der Waals surface area (Å²) in [6, 6.07) is 13.2. The van der Waals surface area contributed by atoms with Crippen LogP contribution >= 0.6 is 0 Å². The third-order valence-electron chi connectivity index (χ3n) is 5.35. The van der Waals surface area contributed by atoms with Gasteiger partial charge in [-0.1, -0.05) is 41.1 Å². The van der Waals surface area contributed by atoms with Crippen molar-refractivity contribution >= 4 is 17.2 Å². The van der Waals surface area contributed by atoms with Gasteiger partial charge in [0.1, 0.15) is 29.9 Å². The number of aryl methyl sites for hydroxylation is 2. The van der Waals surface area contributed by atoms with Crippen LogP contribution in [0.5, 0.6) is 11.5 Å². The fraction of sp³-hybridized carbons (Fsp3) is 0.269. The summed E-state index contributed by atoms with van der Waals surface area (Å²) in [5.74, 6) is 0.274. The number of carbonyl (C=O) groups is 1. The molecule has 3 rings (SSSR count). The molecule has 0 aliphatic heterocycles. The van der Waals surface area contributed by atoms with E-state index in [1.54, 1.807) is 60.8 Å². The molecule has 9 nitrogen and oxygen atoms in total. The first-order valence-corrected chi connectivity index (χ1v) is 11.0. The zero-order chi connectivity index (χ0) is 25.4. The van der Waals surface area contributed by atoms with E-state index in [2.05, 4.69) is 15.5 Å². The lowest BCUT2D eigenvalue weighted by atomic mass is 9.93. The highest BCUT2D eigenvalue weighted by molar-refractivity contribution is 6.42. The number of anilines is 1. The number of hydrogen-bond donors (Lipinski definition) is 3. The van der Waals surface area contributed by atoms with Crippen molar-refractivity contribution in [3.8, 4) is 11.5 Å². The molecule has 2 unspecified atom stereocenters. The molecular weight excluding hydrogens is 448 g/mol. The molecule has 0 fully saturated rings. The zero-order valence-electron chi connectivity index (χ0n) is 19.8. The van der Waals surface area contributed by atoms with Crippen LogP contribution in [0, 0.1) is 24.2 Å². The molecule has 0 saturated heterocycles. The molecule has 2 atom stereocenters. The second-order valence-electron chi connectivity index (χ2n) is 7.98. The summed E-state index contributed by atoms with van der Waals surface area (Å²) in [4.78, 5) is 29.6. The van der Waals surface area contributed by atoms with Crippen LogP contribution in [0.2, 0.25) is 0 Å². The molecule has 0 bridgehead atoms. The van der Waals surface area contributed by atoms with Crippen LogP contribution in [0.25, 0.3) is 0 Å². The monoisotopic (exact) mass is 476 g/mol. The molecular formula is C26H28N4O5. The fourth-order valence-electron chi connectivity index (χ4n) is 3.46. The lowest BCUT2D eigenvalue weighted by Gasteiger charge is -2.22. The summed E-state index contributed by atoms with van der Waals surface area (Å²) in [5.41, 5.74) is 2.77. The molecule has 9 heteroatoms. The van der Waals surface area contributed by atoms with E-state index in [-0.39, 0.29) is 13.2 Å². The molecule has 1 heterocycles. The van der Waals surface area contributed by atoms with Crippen LogP contribution in [-0.2, 0) is 4.79 Å². The van der Waals surface area contributed by atoms with Gasteiger partial charge < -0.3 is 19.9 Å². The van der Waals surface area contributed by atoms with Crippen molar-refractivity contribution in [2.24, 2.45) is 5.18 Å². The van der Waals surface area contributed by atoms with Crippen molar-refractivity contribution < 1.29 is 19.4 Å². The molecule has 35 heavy (non-hydrogen) atoms. The van der Waals surface area contributed by atoms with Crippen LogP contribution < -0.4 is 14.8 Å². The van der Waals surface area contributed by atoms with Crippen molar-refractivity contribution in [3.05, 3.63) is 88.1 Å². The molecule has 1 aromatic heterocycles. The second-order valence-corrected chi connectivity index (χ2v) is 7.98. The van der Waals surface area contributed by atoms with Gasteiger partial charge in [0.25, 0.3) is 0 Å². The minimum absolute atomic E-state index is 0.0880. The Morgan fingerprint density at radius 1 is 1.09 bits per heavy atom. The number of rotatable bonds is 12. The van der Waals surface area contributed by atoms with E-state index in [4.69, 9.17) is 20.0 Å². The van der Waals surface area contributed by atoms with Crippen LogP contribution in [0.1, 0.15) is 34.5 Å². The Morgan fingerprint density at radius 3 is 2.37 bits per heavy atom. The molecule has 0 saturated carbocycles. The van der Waals surface area contributed by atoms with Gasteiger partial charge in [0, 0.05) is 41.3 Å². The largest absolute Gasteiger partial charge is 0.497 e. The highest BCUT2D eigenvalue weighted by atomic mass is 16.5. The molecule has 182 valence electrons. The van der Waals surface area contributed by atoms with Gasteiger partial charge in [-0.2, -0.15) is 0 Å². The number of hydrogen-bond acceptors (Lipinski definition) is 9. The number of methoxy groups -OCH3 is 1. The molecule has 2 aromatic carbocycles. The number of nitroso groups, excluding NO2 is 1. The van der Waals surface area contributed by atoms with Gasteiger partial charge >= 0.3 is 0 Å². The first kappa shape index (κ1) is 25.5. The van der Waals surface area contributed by atoms with Crippen LogP contribution in [-0.4, -0.2) is 41.9 Å². The predicted octanol–water partition coefficient (Wildman–Crippen LogP) is 4.33. The number of benzene rings is 2. The van der Waals surface area contributed by atoms with Crippen molar-refractivity contribution in [2.45, 2.75) is 25.9 Å². The maximum Gasteiger partial charge on any atom is 0.205 e. The van der Waals surface area contributed by atoms with Crippen molar-refractivity contribution in [1.29, 1.82) is 5.41 Å². The standard InChI is InChI=1S/C26H28N4O5/c1-16-4-7-18(8-5-16)24(30-33)23(27)26(32)25(19-9-6-17(2)28-15-19)29-20-12-21(34-3)14-22(13-20)35-11-10-31/h4-9,12-15,24-25,27,29,31H,10-11H2,1-3H3. The lowest BCUT2D eigenvalue weighted by molar-refractivity contribution is -0.114. The number of aromatic nitrogens is 1. The van der Waals surface area contributed by atoms with E-state index >= 15 is 0 Å². The first-order valence-electron chi connectivity index (χ1n) is 11.0. The smallest absolute Gasteiger partial charge is 0.205 e. The summed E-state index contributed by atoms with van der Waals surface area (Å²) < 4.78 is 10.8. The molecule has 0 radical (unpaired) electrons. The predicted molar refractivity (Wildman–Crippen MR) is 133 cm³/mol. The average Bonchev–Trinajstić information content (AvgIpc) is 2.87. The summed E-state index contributed by atoms with van der Waals surface area (Å²) >= 11 is 0. The summed E-state index contributed by atoms with van der Waals surface area (Å²) in [6.45, 7) is 3.66. The van der Waals surface area contributed by atoms with E-state index in [0.29, 0.717) is 28.3 Å². The molecule has 3 aromatic rings. The minimum atomic E-state index is -1.25. The summed E-state index contributed by atoms with van der Waals surface area (Å²) in [7, 11) is 1.50. The van der Waals surface area contributed by atoms with Gasteiger partial charge in [-0.25, -0.2) is 0 Å². The fourth-order valence-corrected chi connectivity index (χ4v) is 3.46. The van der Waals surface area contributed by atoms with Crippen LogP contribution in [0.3, 0.4) is 0 Å². The number of aliphatic hydroxyl groups excluding tert-OH is 1. The number of pyridine rings is 1. The summed E-state index contributed by atoms with van der Waals surface area (Å²) in [6.07, 6.45) is 1.55. The first-order chi connectivity index (χ1) is 16.9. The van der Waals surface area contributed by atoms with Gasteiger partial charge in [0.05, 0.1) is 13.7 Å².